The third-order valence-corrected chi connectivity index (χ3v) is 4.45. The van der Waals surface area contributed by atoms with Crippen LogP contribution in [0.5, 0.6) is 0 Å². The van der Waals surface area contributed by atoms with Crippen LogP contribution < -0.4 is 4.72 Å². The number of imidazole rings is 1. The van der Waals surface area contributed by atoms with Crippen molar-refractivity contribution in [2.75, 3.05) is 27.8 Å². The van der Waals surface area contributed by atoms with Crippen molar-refractivity contribution < 1.29 is 29.0 Å². The Balaban J connectivity index is 3.02. The first-order chi connectivity index (χ1) is 10.8. The van der Waals surface area contributed by atoms with E-state index in [1.165, 1.54) is 13.3 Å². The molecule has 1 atom stereocenters. The Labute approximate surface area is 139 Å². The molecule has 0 aliphatic heterocycles. The van der Waals surface area contributed by atoms with Crippen molar-refractivity contribution in [1.82, 2.24) is 14.5 Å². The summed E-state index contributed by atoms with van der Waals surface area (Å²) in [6.07, 6.45) is 0.230. The number of methoxy groups -OCH3 is 1. The summed E-state index contributed by atoms with van der Waals surface area (Å²) in [4.78, 5) is 39.9. The number of carbonyl (C=O) groups excluding carboxylic acids is 2. The summed E-state index contributed by atoms with van der Waals surface area (Å²) in [5, 5.41) is 9.20. The molecule has 0 aliphatic carbocycles. The van der Waals surface area contributed by atoms with Gasteiger partial charge in [-0.1, -0.05) is 0 Å². The molecule has 9 nitrogen and oxygen atoms in total. The van der Waals surface area contributed by atoms with Crippen LogP contribution in [0.3, 0.4) is 0 Å². The molecule has 1 rings (SSSR count). The Morgan fingerprint density at radius 2 is 2.09 bits per heavy atom. The topological polar surface area (TPSA) is 111 Å². The Morgan fingerprint density at radius 1 is 1.43 bits per heavy atom. The van der Waals surface area contributed by atoms with Crippen molar-refractivity contribution in [2.45, 2.75) is 19.4 Å². The molecular weight excluding hydrogens is 373 g/mol. The first-order valence-electron chi connectivity index (χ1n) is 6.70. The van der Waals surface area contributed by atoms with Crippen molar-refractivity contribution >= 4 is 36.6 Å². The number of ether oxygens (including phenoxy) is 2. The van der Waals surface area contributed by atoms with Crippen LogP contribution in [0.15, 0.2) is 6.20 Å². The molecule has 0 saturated heterocycles. The fourth-order valence-electron chi connectivity index (χ4n) is 1.75. The normalized spacial score (nSPS) is 12.0. The molecule has 10 heteroatoms. The van der Waals surface area contributed by atoms with Gasteiger partial charge in [0.05, 0.1) is 0 Å². The number of esters is 1. The Kier molecular flexibility index (Phi) is 7.21. The van der Waals surface area contributed by atoms with E-state index in [9.17, 15) is 19.5 Å². The second-order valence-corrected chi connectivity index (χ2v) is 6.55. The van der Waals surface area contributed by atoms with Crippen LogP contribution in [0.2, 0.25) is 0 Å². The maximum absolute atomic E-state index is 11.8. The van der Waals surface area contributed by atoms with Gasteiger partial charge in [0, 0.05) is 0 Å². The van der Waals surface area contributed by atoms with E-state index in [2.05, 4.69) is 4.98 Å². The summed E-state index contributed by atoms with van der Waals surface area (Å²) in [5.74, 6) is -0.447. The molecule has 0 fully saturated rings. The summed E-state index contributed by atoms with van der Waals surface area (Å²) in [7, 11) is 4.70. The van der Waals surface area contributed by atoms with Crippen LogP contribution in [0.4, 0.5) is 9.59 Å². The minimum atomic E-state index is -1.25. The van der Waals surface area contributed by atoms with Gasteiger partial charge >= 0.3 is 139 Å². The van der Waals surface area contributed by atoms with Gasteiger partial charge in [-0.2, -0.15) is 0 Å². The van der Waals surface area contributed by atoms with Gasteiger partial charge in [-0.25, -0.2) is 0 Å². The van der Waals surface area contributed by atoms with E-state index in [0.717, 1.165) is 4.57 Å². The zero-order valence-corrected chi connectivity index (χ0v) is 15.0. The molecule has 23 heavy (non-hydrogen) atoms. The monoisotopic (exact) mass is 393 g/mol. The Morgan fingerprint density at radius 3 is 2.57 bits per heavy atom. The molecule has 0 bridgehead atoms. The standard InChI is InChI=1S/C13H19N3O6Se/c1-5-22-13(20)23-11-14-8(7-16(11)12(18)19)6-9(15(2)3)10(17)21-4/h7,9H,5-6H2,1-4H3,(H,18,19)/t9-/m0/s1. The van der Waals surface area contributed by atoms with Gasteiger partial charge < -0.3 is 0 Å². The number of rotatable bonds is 7. The van der Waals surface area contributed by atoms with Gasteiger partial charge in [0.1, 0.15) is 0 Å². The Hall–Kier alpha value is -1.90. The zero-order valence-electron chi connectivity index (χ0n) is 13.3. The molecule has 1 aromatic rings. The number of hydrogen-bond acceptors (Lipinski definition) is 7. The van der Waals surface area contributed by atoms with E-state index in [0.29, 0.717) is 5.69 Å². The summed E-state index contributed by atoms with van der Waals surface area (Å²) in [5.41, 5.74) is 0.387. The van der Waals surface area contributed by atoms with E-state index in [1.807, 2.05) is 0 Å². The van der Waals surface area contributed by atoms with E-state index in [1.54, 1.807) is 25.9 Å². The number of nitrogens with zero attached hydrogens (tertiary/aromatic N) is 3. The van der Waals surface area contributed by atoms with Gasteiger partial charge in [0.2, 0.25) is 0 Å². The molecule has 0 amide bonds. The molecule has 128 valence electrons. The third kappa shape index (κ3) is 5.34. The molecule has 0 spiro atoms. The summed E-state index contributed by atoms with van der Waals surface area (Å²) in [6.45, 7) is 1.88. The second-order valence-electron chi connectivity index (χ2n) is 4.66. The average Bonchev–Trinajstić information content (AvgIpc) is 2.86. The average molecular weight is 392 g/mol. The molecule has 0 aliphatic rings. The van der Waals surface area contributed by atoms with E-state index in [-0.39, 0.29) is 17.8 Å². The number of aromatic nitrogens is 2. The fourth-order valence-corrected chi connectivity index (χ4v) is 3.26. The van der Waals surface area contributed by atoms with Gasteiger partial charge in [-0.15, -0.1) is 0 Å². The molecule has 0 saturated carbocycles. The van der Waals surface area contributed by atoms with Gasteiger partial charge in [-0.3, -0.25) is 0 Å². The number of carboxylic acid groups (broad SMARTS) is 1. The molecule has 0 unspecified atom stereocenters. The van der Waals surface area contributed by atoms with E-state index >= 15 is 0 Å². The van der Waals surface area contributed by atoms with Crippen molar-refractivity contribution in [3.63, 3.8) is 0 Å². The van der Waals surface area contributed by atoms with Gasteiger partial charge in [0.15, 0.2) is 0 Å². The van der Waals surface area contributed by atoms with Crippen LogP contribution in [0, 0.1) is 0 Å². The predicted octanol–water partition coefficient (Wildman–Crippen LogP) is -0.459. The molecule has 1 heterocycles. The minimum absolute atomic E-state index is 0.112. The summed E-state index contributed by atoms with van der Waals surface area (Å²) < 4.78 is 10.5. The number of likely N-dealkylation sites (N-methyl/N-ethyl adjacent to an activating group) is 1. The molecule has 0 aromatic carbocycles. The first kappa shape index (κ1) is 19.1. The maximum atomic E-state index is 11.8. The van der Waals surface area contributed by atoms with Crippen LogP contribution in [-0.4, -0.2) is 85.3 Å². The van der Waals surface area contributed by atoms with Crippen LogP contribution >= 0.6 is 0 Å². The SMILES string of the molecule is CCOC(=O)[Se]c1nc(C[C@@H](C(=O)OC)N(C)C)cn1C(=O)O. The fraction of sp³-hybridized carbons (Fsp3) is 0.538. The van der Waals surface area contributed by atoms with Gasteiger partial charge in [0.25, 0.3) is 0 Å². The van der Waals surface area contributed by atoms with Crippen molar-refractivity contribution in [3.05, 3.63) is 11.9 Å². The summed E-state index contributed by atoms with van der Waals surface area (Å²) >= 11 is -0.883. The zero-order chi connectivity index (χ0) is 17.6. The number of hydrogen-bond donors (Lipinski definition) is 1. The van der Waals surface area contributed by atoms with E-state index in [4.69, 9.17) is 9.47 Å². The third-order valence-electron chi connectivity index (χ3n) is 2.87. The first-order valence-corrected chi connectivity index (χ1v) is 8.41. The molecular formula is C13H19N3O6Se. The molecule has 0 radical (unpaired) electrons. The summed E-state index contributed by atoms with van der Waals surface area (Å²) in [6, 6.07) is -0.597. The van der Waals surface area contributed by atoms with Crippen LogP contribution in [0.25, 0.3) is 0 Å². The Bertz CT molecular complexity index is 586. The van der Waals surface area contributed by atoms with E-state index < -0.39 is 37.9 Å². The quantitative estimate of drug-likeness (QED) is 0.490. The second kappa shape index (κ2) is 8.66. The molecule has 1 aromatic heterocycles. The van der Waals surface area contributed by atoms with Crippen LogP contribution in [0.1, 0.15) is 12.6 Å². The van der Waals surface area contributed by atoms with Crippen molar-refractivity contribution in [3.8, 4) is 0 Å². The molecule has 1 N–H and O–H groups in total. The van der Waals surface area contributed by atoms with Crippen molar-refractivity contribution in [2.24, 2.45) is 0 Å². The van der Waals surface area contributed by atoms with Gasteiger partial charge in [-0.05, 0) is 0 Å². The number of carbonyl (C=O) groups is 3. The van der Waals surface area contributed by atoms with Crippen molar-refractivity contribution in [1.29, 1.82) is 0 Å². The van der Waals surface area contributed by atoms with Crippen LogP contribution in [-0.2, 0) is 20.7 Å². The predicted molar refractivity (Wildman–Crippen MR) is 81.3 cm³/mol.